The highest BCUT2D eigenvalue weighted by atomic mass is 32.2. The third-order valence-electron chi connectivity index (χ3n) is 7.15. The van der Waals surface area contributed by atoms with Gasteiger partial charge >= 0.3 is 0 Å². The summed E-state index contributed by atoms with van der Waals surface area (Å²) in [6.07, 6.45) is 4.12. The van der Waals surface area contributed by atoms with Crippen molar-refractivity contribution in [3.05, 3.63) is 77.5 Å². The lowest BCUT2D eigenvalue weighted by Gasteiger charge is -2.27. The third kappa shape index (κ3) is 4.10. The van der Waals surface area contributed by atoms with Crippen LogP contribution in [0.15, 0.2) is 70.6 Å². The second-order valence-electron chi connectivity index (χ2n) is 13.0. The summed E-state index contributed by atoms with van der Waals surface area (Å²) in [7, 11) is 0. The smallest absolute Gasteiger partial charge is 0.0803 e. The molecule has 2 heterocycles. The first-order valence-corrected chi connectivity index (χ1v) is 13.9. The van der Waals surface area contributed by atoms with E-state index in [9.17, 15) is 0 Å². The van der Waals surface area contributed by atoms with E-state index in [4.69, 9.17) is 4.98 Å². The summed E-state index contributed by atoms with van der Waals surface area (Å²) in [5, 5.41) is 7.98. The van der Waals surface area contributed by atoms with E-state index in [0.29, 0.717) is 0 Å². The van der Waals surface area contributed by atoms with E-state index in [1.165, 1.54) is 64.4 Å². The van der Waals surface area contributed by atoms with Gasteiger partial charge in [-0.2, -0.15) is 0 Å². The van der Waals surface area contributed by atoms with Crippen LogP contribution in [0.25, 0.3) is 43.6 Å². The molecule has 0 saturated heterocycles. The van der Waals surface area contributed by atoms with Crippen LogP contribution in [0.4, 0.5) is 0 Å². The van der Waals surface area contributed by atoms with E-state index in [2.05, 4.69) is 103 Å². The van der Waals surface area contributed by atoms with Gasteiger partial charge in [-0.1, -0.05) is 95.3 Å². The van der Waals surface area contributed by atoms with E-state index in [1.54, 1.807) is 0 Å². The number of rotatable bonds is 2. The van der Waals surface area contributed by atoms with Crippen molar-refractivity contribution >= 4 is 44.1 Å². The molecule has 5 aromatic rings. The molecule has 182 valence electrons. The number of aryl methyl sites for hydroxylation is 1. The number of pyridine rings is 1. The maximum atomic E-state index is 5.00. The fraction of sp³-hybridized carbons (Fsp3) is 0.324. The van der Waals surface area contributed by atoms with Gasteiger partial charge in [0, 0.05) is 26.9 Å². The topological polar surface area (TPSA) is 12.9 Å². The fourth-order valence-electron chi connectivity index (χ4n) is 5.80. The quantitative estimate of drug-likeness (QED) is 0.224. The molecule has 0 unspecified atom stereocenters. The molecule has 6 rings (SSSR count). The first-order valence-electron chi connectivity index (χ1n) is 13.1. The zero-order valence-electron chi connectivity index (χ0n) is 22.5. The van der Waals surface area contributed by atoms with Gasteiger partial charge in [-0.25, -0.2) is 0 Å². The Labute approximate surface area is 219 Å². The summed E-state index contributed by atoms with van der Waals surface area (Å²) in [5.41, 5.74) is 7.08. The molecule has 0 fully saturated rings. The Hall–Kier alpha value is -2.84. The molecule has 0 bridgehead atoms. The van der Waals surface area contributed by atoms with Crippen molar-refractivity contribution in [2.75, 3.05) is 0 Å². The lowest BCUT2D eigenvalue weighted by molar-refractivity contribution is 0.410. The van der Waals surface area contributed by atoms with Gasteiger partial charge < -0.3 is 0 Å². The Morgan fingerprint density at radius 3 is 2.25 bits per heavy atom. The van der Waals surface area contributed by atoms with Crippen molar-refractivity contribution in [3.8, 4) is 11.3 Å². The first kappa shape index (κ1) is 23.6. The van der Waals surface area contributed by atoms with Gasteiger partial charge in [0.15, 0.2) is 0 Å². The van der Waals surface area contributed by atoms with Gasteiger partial charge in [0.05, 0.1) is 5.69 Å². The molecule has 2 heteroatoms. The van der Waals surface area contributed by atoms with Crippen molar-refractivity contribution < 1.29 is 0 Å². The van der Waals surface area contributed by atoms with Crippen LogP contribution in [-0.2, 0) is 12.8 Å². The number of hydrogen-bond donors (Lipinski definition) is 0. The van der Waals surface area contributed by atoms with E-state index in [-0.39, 0.29) is 10.8 Å². The minimum absolute atomic E-state index is 0.192. The Kier molecular flexibility index (Phi) is 5.29. The number of hydrogen-bond acceptors (Lipinski definition) is 2. The highest BCUT2D eigenvalue weighted by Crippen LogP contribution is 2.52. The maximum Gasteiger partial charge on any atom is 0.0803 e. The number of fused-ring (bicyclic) bond motifs is 5. The average Bonchev–Trinajstić information content (AvgIpc) is 2.78. The van der Waals surface area contributed by atoms with Crippen LogP contribution in [-0.4, -0.2) is 4.98 Å². The van der Waals surface area contributed by atoms with Crippen LogP contribution in [0, 0.1) is 17.8 Å². The minimum atomic E-state index is 0.192. The van der Waals surface area contributed by atoms with Crippen molar-refractivity contribution in [2.45, 2.75) is 71.1 Å². The summed E-state index contributed by atoms with van der Waals surface area (Å²) < 4.78 is 0. The summed E-state index contributed by atoms with van der Waals surface area (Å²) >= 11 is 1.96. The minimum Gasteiger partial charge on any atom is -0.256 e. The summed E-state index contributed by atoms with van der Waals surface area (Å²) in [6.45, 7) is 16.2. The summed E-state index contributed by atoms with van der Waals surface area (Å²) in [6, 6.07) is 21.0. The molecule has 0 aliphatic carbocycles. The molecule has 0 saturated carbocycles. The summed E-state index contributed by atoms with van der Waals surface area (Å²) in [5.74, 6) is 0. The van der Waals surface area contributed by atoms with Gasteiger partial charge in [0.25, 0.3) is 0 Å². The van der Waals surface area contributed by atoms with Crippen LogP contribution in [0.2, 0.25) is 0 Å². The zero-order chi connectivity index (χ0) is 25.4. The van der Waals surface area contributed by atoms with Crippen molar-refractivity contribution in [1.29, 1.82) is 0 Å². The lowest BCUT2D eigenvalue weighted by atomic mass is 9.84. The molecule has 36 heavy (non-hydrogen) atoms. The van der Waals surface area contributed by atoms with Crippen LogP contribution in [0.5, 0.6) is 0 Å². The first-order chi connectivity index (χ1) is 17.0. The molecule has 0 N–H and O–H groups in total. The van der Waals surface area contributed by atoms with Gasteiger partial charge in [-0.15, -0.1) is 0 Å². The Bertz CT molecular complexity index is 1680. The third-order valence-corrected chi connectivity index (χ3v) is 8.36. The molecule has 0 spiro atoms. The highest BCUT2D eigenvalue weighted by Gasteiger charge is 2.27. The second-order valence-corrected chi connectivity index (χ2v) is 14.1. The molecule has 1 aromatic heterocycles. The van der Waals surface area contributed by atoms with E-state index < -0.39 is 0 Å². The van der Waals surface area contributed by atoms with E-state index in [0.717, 1.165) is 18.5 Å². The van der Waals surface area contributed by atoms with Crippen molar-refractivity contribution in [2.24, 2.45) is 10.8 Å². The summed E-state index contributed by atoms with van der Waals surface area (Å²) in [4.78, 5) is 7.73. The van der Waals surface area contributed by atoms with Crippen LogP contribution < -0.4 is 0 Å². The average molecular weight is 490 g/mol. The SMILES string of the molecule is Cc1ccc2cc3c(c(CC(C)(C)C)c2c1)Sc1cc2cc(CC(C)(C)C)ccc2c2ccnc-3c12. The molecule has 0 radical (unpaired) electrons. The molecule has 0 amide bonds. The zero-order valence-corrected chi connectivity index (χ0v) is 23.4. The molecule has 4 aromatic carbocycles. The number of nitrogens with zero attached hydrogens (tertiary/aromatic N) is 1. The Morgan fingerprint density at radius 1 is 0.722 bits per heavy atom. The van der Waals surface area contributed by atoms with Crippen molar-refractivity contribution in [3.63, 3.8) is 0 Å². The lowest BCUT2D eigenvalue weighted by Crippen LogP contribution is -2.12. The van der Waals surface area contributed by atoms with Crippen LogP contribution >= 0.6 is 11.8 Å². The standard InChI is InChI=1S/C34H35NS/c1-20-8-10-22-16-27-31-30-25(12-13-35-31)24-11-9-21(18-33(2,3)4)15-23(24)17-29(30)36-32(27)28(26(22)14-20)19-34(5,6)7/h8-17H,18-19H2,1-7H3. The van der Waals surface area contributed by atoms with Gasteiger partial charge in [-0.05, 0) is 86.9 Å². The molecule has 1 nitrogen and oxygen atoms in total. The molecular weight excluding hydrogens is 454 g/mol. The molecule has 1 aliphatic rings. The normalized spacial score (nSPS) is 13.5. The highest BCUT2D eigenvalue weighted by molar-refractivity contribution is 8.00. The maximum absolute atomic E-state index is 5.00. The van der Waals surface area contributed by atoms with Gasteiger partial charge in [0.2, 0.25) is 0 Å². The predicted molar refractivity (Wildman–Crippen MR) is 157 cm³/mol. The Morgan fingerprint density at radius 2 is 1.50 bits per heavy atom. The fourth-order valence-corrected chi connectivity index (χ4v) is 7.09. The van der Waals surface area contributed by atoms with Crippen molar-refractivity contribution in [1.82, 2.24) is 4.98 Å². The van der Waals surface area contributed by atoms with Crippen LogP contribution in [0.3, 0.4) is 0 Å². The van der Waals surface area contributed by atoms with E-state index >= 15 is 0 Å². The molecule has 0 atom stereocenters. The number of aromatic nitrogens is 1. The van der Waals surface area contributed by atoms with E-state index in [1.807, 2.05) is 18.0 Å². The molecular formula is C34H35NS. The second kappa shape index (κ2) is 8.08. The monoisotopic (exact) mass is 489 g/mol. The van der Waals surface area contributed by atoms with Gasteiger partial charge in [0.1, 0.15) is 0 Å². The largest absolute Gasteiger partial charge is 0.256 e. The predicted octanol–water partition coefficient (Wildman–Crippen LogP) is 10.2. The van der Waals surface area contributed by atoms with Gasteiger partial charge in [-0.3, -0.25) is 4.98 Å². The van der Waals surface area contributed by atoms with Crippen LogP contribution in [0.1, 0.15) is 58.2 Å². The number of benzene rings is 4. The Balaban J connectivity index is 1.65. The molecule has 1 aliphatic heterocycles.